The zero-order chi connectivity index (χ0) is 38.0. The molecule has 3 aromatic rings. The Hall–Kier alpha value is -4.71. The molecule has 5 amide bonds. The van der Waals surface area contributed by atoms with Gasteiger partial charge in [-0.3, -0.25) is 24.0 Å². The Labute approximate surface area is 315 Å². The van der Waals surface area contributed by atoms with E-state index in [1.165, 1.54) is 6.92 Å². The van der Waals surface area contributed by atoms with Crippen molar-refractivity contribution in [3.63, 3.8) is 0 Å². The second-order valence-electron chi connectivity index (χ2n) is 13.9. The van der Waals surface area contributed by atoms with Gasteiger partial charge < -0.3 is 36.9 Å². The number of carbonyl (C=O) groups is 5. The minimum absolute atomic E-state index is 0. The van der Waals surface area contributed by atoms with Crippen molar-refractivity contribution in [3.05, 3.63) is 71.9 Å². The first-order valence-corrected chi connectivity index (χ1v) is 18.7. The van der Waals surface area contributed by atoms with Gasteiger partial charge in [0, 0.05) is 80.9 Å². The summed E-state index contributed by atoms with van der Waals surface area (Å²) in [5.41, 5.74) is 8.51. The Kier molecular flexibility index (Phi) is 19.3. The summed E-state index contributed by atoms with van der Waals surface area (Å²) in [6.45, 7) is 10.9. The summed E-state index contributed by atoms with van der Waals surface area (Å²) in [6.07, 6.45) is 4.59. The first kappa shape index (κ1) is 44.5. The molecule has 0 radical (unpaired) electrons. The van der Waals surface area contributed by atoms with Crippen LogP contribution in [-0.4, -0.2) is 83.2 Å². The van der Waals surface area contributed by atoms with Crippen LogP contribution in [0.2, 0.25) is 0 Å². The molecule has 0 saturated heterocycles. The average molecular weight is 734 g/mol. The summed E-state index contributed by atoms with van der Waals surface area (Å²) in [7, 11) is 0. The molecule has 0 aliphatic heterocycles. The fraction of sp³-hybridized carbons (Fsp3) is 0.537. The number of nitrogens with one attached hydrogen (secondary N) is 5. The minimum Gasteiger partial charge on any atom is -0.361 e. The van der Waals surface area contributed by atoms with Gasteiger partial charge in [-0.15, -0.1) is 0 Å². The highest BCUT2D eigenvalue weighted by atomic mass is 16.2. The summed E-state index contributed by atoms with van der Waals surface area (Å²) in [4.78, 5) is 71.1. The van der Waals surface area contributed by atoms with Crippen LogP contribution < -0.4 is 27.0 Å². The molecule has 292 valence electrons. The average Bonchev–Trinajstić information content (AvgIpc) is 3.51. The number of aromatic nitrogens is 1. The highest BCUT2D eigenvalue weighted by Crippen LogP contribution is 2.20. The molecule has 4 atom stereocenters. The van der Waals surface area contributed by atoms with Gasteiger partial charge >= 0.3 is 0 Å². The molecular formula is C41H63N7O5. The molecule has 53 heavy (non-hydrogen) atoms. The van der Waals surface area contributed by atoms with Gasteiger partial charge in [0.25, 0.3) is 0 Å². The number of para-hydroxylation sites is 1. The summed E-state index contributed by atoms with van der Waals surface area (Å²) in [5, 5.41) is 12.9. The van der Waals surface area contributed by atoms with E-state index in [4.69, 9.17) is 5.73 Å². The molecule has 12 heteroatoms. The van der Waals surface area contributed by atoms with Gasteiger partial charge in [0.2, 0.25) is 29.5 Å². The first-order valence-electron chi connectivity index (χ1n) is 18.7. The van der Waals surface area contributed by atoms with Crippen LogP contribution in [0.4, 0.5) is 0 Å². The molecule has 0 unspecified atom stereocenters. The van der Waals surface area contributed by atoms with Crippen molar-refractivity contribution < 1.29 is 24.0 Å². The van der Waals surface area contributed by atoms with Crippen molar-refractivity contribution in [2.75, 3.05) is 19.6 Å². The third kappa shape index (κ3) is 15.0. The minimum atomic E-state index is -0.961. The van der Waals surface area contributed by atoms with Gasteiger partial charge in [-0.1, -0.05) is 76.2 Å². The van der Waals surface area contributed by atoms with Gasteiger partial charge in [-0.05, 0) is 62.8 Å². The Morgan fingerprint density at radius 2 is 1.42 bits per heavy atom. The highest BCUT2D eigenvalue weighted by Gasteiger charge is 2.28. The maximum Gasteiger partial charge on any atom is 0.243 e. The van der Waals surface area contributed by atoms with E-state index in [1.54, 1.807) is 4.90 Å². The Bertz CT molecular complexity index is 1590. The van der Waals surface area contributed by atoms with E-state index in [9.17, 15) is 24.0 Å². The maximum absolute atomic E-state index is 14.1. The number of nitrogens with zero attached hydrogens (tertiary/aromatic N) is 1. The van der Waals surface area contributed by atoms with Crippen LogP contribution in [0.25, 0.3) is 10.9 Å². The molecule has 7 N–H and O–H groups in total. The molecular weight excluding hydrogens is 670 g/mol. The lowest BCUT2D eigenvalue weighted by atomic mass is 9.98. The van der Waals surface area contributed by atoms with Crippen molar-refractivity contribution in [1.29, 1.82) is 0 Å². The number of H-pyrrole nitrogens is 1. The Balaban J connectivity index is 0.00000972. The molecule has 0 bridgehead atoms. The molecule has 12 nitrogen and oxygen atoms in total. The van der Waals surface area contributed by atoms with Crippen LogP contribution in [0.3, 0.4) is 0 Å². The van der Waals surface area contributed by atoms with Crippen LogP contribution in [0, 0.1) is 5.92 Å². The van der Waals surface area contributed by atoms with Crippen molar-refractivity contribution in [1.82, 2.24) is 31.2 Å². The van der Waals surface area contributed by atoms with Gasteiger partial charge in [-0.25, -0.2) is 0 Å². The standard InChI is InChI=1S/C40H59N7O5.CH4/c1-6-47(7-2)39(51)25-35(27(3)4)45-37(49)23-31(17-13-14-20-41)44-40(52)36(22-30-26-42-34-19-12-11-18-33(30)34)46-38(50)24-32(43-28(5)48)21-29-15-9-8-10-16-29;/h8-12,15-16,18-19,26-27,31-32,35-36,42H,6-7,13-14,17,20-25,41H2,1-5H3,(H,43,48)(H,44,52)(H,45,49)(H,46,50);1H4/t31-,32-,35+,36+;/m0./s1. The van der Waals surface area contributed by atoms with E-state index in [2.05, 4.69) is 26.3 Å². The molecule has 0 saturated carbocycles. The van der Waals surface area contributed by atoms with Crippen molar-refractivity contribution in [2.24, 2.45) is 11.7 Å². The summed E-state index contributed by atoms with van der Waals surface area (Å²) in [5.74, 6) is -1.31. The summed E-state index contributed by atoms with van der Waals surface area (Å²) >= 11 is 0. The normalized spacial score (nSPS) is 13.3. The van der Waals surface area contributed by atoms with Crippen LogP contribution in [0.15, 0.2) is 60.8 Å². The molecule has 0 aliphatic rings. The molecule has 2 aromatic carbocycles. The third-order valence-corrected chi connectivity index (χ3v) is 9.36. The molecule has 1 heterocycles. The lowest BCUT2D eigenvalue weighted by molar-refractivity contribution is -0.132. The molecule has 1 aromatic heterocycles. The topological polar surface area (TPSA) is 179 Å². The van der Waals surface area contributed by atoms with E-state index >= 15 is 0 Å². The van der Waals surface area contributed by atoms with E-state index < -0.39 is 24.0 Å². The summed E-state index contributed by atoms with van der Waals surface area (Å²) in [6, 6.07) is 15.0. The number of benzene rings is 2. The quantitative estimate of drug-likeness (QED) is 0.0836. The second-order valence-corrected chi connectivity index (χ2v) is 13.9. The van der Waals surface area contributed by atoms with Gasteiger partial charge in [-0.2, -0.15) is 0 Å². The largest absolute Gasteiger partial charge is 0.361 e. The van der Waals surface area contributed by atoms with Gasteiger partial charge in [0.05, 0.1) is 0 Å². The number of amides is 5. The third-order valence-electron chi connectivity index (χ3n) is 9.36. The van der Waals surface area contributed by atoms with Crippen molar-refractivity contribution >= 4 is 40.4 Å². The monoisotopic (exact) mass is 733 g/mol. The van der Waals surface area contributed by atoms with E-state index in [0.717, 1.165) is 28.5 Å². The van der Waals surface area contributed by atoms with Gasteiger partial charge in [0.1, 0.15) is 6.04 Å². The smallest absolute Gasteiger partial charge is 0.243 e. The fourth-order valence-corrected chi connectivity index (χ4v) is 6.47. The van der Waals surface area contributed by atoms with Gasteiger partial charge in [0.15, 0.2) is 0 Å². The van der Waals surface area contributed by atoms with Crippen LogP contribution >= 0.6 is 0 Å². The predicted octanol–water partition coefficient (Wildman–Crippen LogP) is 4.37. The molecule has 0 aliphatic carbocycles. The van der Waals surface area contributed by atoms with Crippen molar-refractivity contribution in [3.8, 4) is 0 Å². The number of fused-ring (bicyclic) bond motifs is 1. The lowest BCUT2D eigenvalue weighted by Crippen LogP contribution is -2.53. The number of nitrogens with two attached hydrogens (primary N) is 1. The predicted molar refractivity (Wildman–Crippen MR) is 212 cm³/mol. The Morgan fingerprint density at radius 1 is 0.774 bits per heavy atom. The number of hydrogen-bond donors (Lipinski definition) is 6. The number of rotatable bonds is 22. The molecule has 0 fully saturated rings. The molecule has 3 rings (SSSR count). The maximum atomic E-state index is 14.1. The lowest BCUT2D eigenvalue weighted by Gasteiger charge is -2.27. The number of aromatic amines is 1. The number of unbranched alkanes of at least 4 members (excludes halogenated alkanes) is 1. The van der Waals surface area contributed by atoms with Crippen LogP contribution in [0.5, 0.6) is 0 Å². The SMILES string of the molecule is C.CCN(CC)C(=O)C[C@@H](NC(=O)C[C@H](CCCCN)NC(=O)[C@@H](Cc1c[nH]c2ccccc12)NC(=O)C[C@H](Cc1ccccc1)NC(C)=O)C(C)C. The zero-order valence-electron chi connectivity index (χ0n) is 31.5. The van der Waals surface area contributed by atoms with E-state index in [0.29, 0.717) is 38.9 Å². The second kappa shape index (κ2) is 23.1. The van der Waals surface area contributed by atoms with Crippen LogP contribution in [0.1, 0.15) is 91.7 Å². The Morgan fingerprint density at radius 3 is 2.06 bits per heavy atom. The molecule has 0 spiro atoms. The van der Waals surface area contributed by atoms with Crippen LogP contribution in [-0.2, 0) is 36.8 Å². The number of carbonyl (C=O) groups excluding carboxylic acids is 5. The fourth-order valence-electron chi connectivity index (χ4n) is 6.47. The summed E-state index contributed by atoms with van der Waals surface area (Å²) < 4.78 is 0. The zero-order valence-corrected chi connectivity index (χ0v) is 31.5. The first-order chi connectivity index (χ1) is 24.9. The highest BCUT2D eigenvalue weighted by molar-refractivity contribution is 5.90. The van der Waals surface area contributed by atoms with Crippen molar-refractivity contribution in [2.45, 2.75) is 118 Å². The number of hydrogen-bond acceptors (Lipinski definition) is 6. The van der Waals surface area contributed by atoms with E-state index in [-0.39, 0.29) is 68.7 Å². The van der Waals surface area contributed by atoms with E-state index in [1.807, 2.05) is 88.5 Å².